The highest BCUT2D eigenvalue weighted by atomic mass is 16.2. The Kier molecular flexibility index (Phi) is 8.91. The average Bonchev–Trinajstić information content (AvgIpc) is 3.88. The predicted octanol–water partition coefficient (Wildman–Crippen LogP) is 4.37. The number of benzene rings is 2. The molecule has 3 aromatic rings. The van der Waals surface area contributed by atoms with Crippen LogP contribution in [-0.2, 0) is 21.4 Å². The molecule has 3 atom stereocenters. The smallest absolute Gasteiger partial charge is 0.290 e. The minimum absolute atomic E-state index is 0.0410. The first-order valence-electron chi connectivity index (χ1n) is 15.6. The molecule has 0 bridgehead atoms. The fourth-order valence-corrected chi connectivity index (χ4v) is 6.12. The maximum absolute atomic E-state index is 13.1. The van der Waals surface area contributed by atoms with Crippen LogP contribution < -0.4 is 10.6 Å². The summed E-state index contributed by atoms with van der Waals surface area (Å²) in [5.41, 5.74) is 3.71. The third-order valence-electron chi connectivity index (χ3n) is 8.71. The van der Waals surface area contributed by atoms with Crippen LogP contribution in [0.5, 0.6) is 0 Å². The lowest BCUT2D eigenvalue weighted by atomic mass is 10.1. The Hall–Kier alpha value is -5.32. The Bertz CT molecular complexity index is 1720. The maximum Gasteiger partial charge on any atom is 0.290 e. The number of allylic oxidation sites excluding steroid dienone is 1. The third-order valence-corrected chi connectivity index (χ3v) is 8.71. The first kappa shape index (κ1) is 30.7. The third kappa shape index (κ3) is 6.53. The van der Waals surface area contributed by atoms with Gasteiger partial charge in [0.05, 0.1) is 0 Å². The lowest BCUT2D eigenvalue weighted by Crippen LogP contribution is -2.46. The average molecular weight is 620 g/mol. The normalized spacial score (nSPS) is 20.7. The van der Waals surface area contributed by atoms with E-state index in [0.29, 0.717) is 48.8 Å². The largest absolute Gasteiger partial charge is 0.330 e. The number of carbonyl (C=O) groups is 4. The van der Waals surface area contributed by atoms with Crippen LogP contribution in [0.15, 0.2) is 78.2 Å². The first-order chi connectivity index (χ1) is 22.3. The molecule has 2 aromatic carbocycles. The van der Waals surface area contributed by atoms with Gasteiger partial charge in [-0.25, -0.2) is 4.98 Å². The van der Waals surface area contributed by atoms with Crippen LogP contribution in [0.1, 0.15) is 54.4 Å². The number of aromatic nitrogens is 2. The molecule has 2 fully saturated rings. The van der Waals surface area contributed by atoms with Crippen LogP contribution in [0.2, 0.25) is 0 Å². The van der Waals surface area contributed by atoms with Crippen molar-refractivity contribution in [2.75, 3.05) is 23.7 Å². The van der Waals surface area contributed by atoms with E-state index in [1.165, 1.54) is 0 Å². The van der Waals surface area contributed by atoms with E-state index in [-0.39, 0.29) is 29.5 Å². The molecule has 11 nitrogen and oxygen atoms in total. The van der Waals surface area contributed by atoms with Crippen molar-refractivity contribution in [3.8, 4) is 0 Å². The number of likely N-dealkylation sites (tertiary alicyclic amines) is 2. The van der Waals surface area contributed by atoms with Crippen molar-refractivity contribution in [3.63, 3.8) is 0 Å². The number of carbonyl (C=O) groups excluding carboxylic acids is 4. The monoisotopic (exact) mass is 619 g/mol. The molecule has 0 spiro atoms. The zero-order valence-electron chi connectivity index (χ0n) is 25.9. The summed E-state index contributed by atoms with van der Waals surface area (Å²) in [5.74, 6) is -0.530. The molecule has 6 rings (SSSR count). The Morgan fingerprint density at radius 2 is 1.30 bits per heavy atom. The van der Waals surface area contributed by atoms with Gasteiger partial charge in [-0.3, -0.25) is 24.2 Å². The first-order valence-corrected chi connectivity index (χ1v) is 15.6. The predicted molar refractivity (Wildman–Crippen MR) is 177 cm³/mol. The molecule has 0 radical (unpaired) electrons. The number of aliphatic imine (C=N–C) groups is 1. The number of nitrogens with zero attached hydrogens (tertiary/aromatic N) is 5. The minimum atomic E-state index is -0.538. The van der Waals surface area contributed by atoms with Crippen LogP contribution in [0, 0.1) is 5.92 Å². The van der Waals surface area contributed by atoms with E-state index >= 15 is 0 Å². The van der Waals surface area contributed by atoms with E-state index in [0.717, 1.165) is 24.0 Å². The summed E-state index contributed by atoms with van der Waals surface area (Å²) < 4.78 is 1.66. The van der Waals surface area contributed by atoms with E-state index in [2.05, 4.69) is 20.6 Å². The molecular weight excluding hydrogens is 582 g/mol. The van der Waals surface area contributed by atoms with Gasteiger partial charge in [0.1, 0.15) is 17.8 Å². The molecule has 2 N–H and O–H groups in total. The van der Waals surface area contributed by atoms with Gasteiger partial charge in [-0.2, -0.15) is 0 Å². The minimum Gasteiger partial charge on any atom is -0.330 e. The van der Waals surface area contributed by atoms with Crippen molar-refractivity contribution in [1.82, 2.24) is 19.4 Å². The maximum atomic E-state index is 13.1. The van der Waals surface area contributed by atoms with Crippen molar-refractivity contribution in [3.05, 3.63) is 90.2 Å². The Morgan fingerprint density at radius 1 is 0.783 bits per heavy atom. The summed E-state index contributed by atoms with van der Waals surface area (Å²) in [6.07, 6.45) is 13.5. The van der Waals surface area contributed by atoms with Crippen LogP contribution in [0.4, 0.5) is 11.4 Å². The fraction of sp³-hybridized carbons (Fsp3) is 0.314. The van der Waals surface area contributed by atoms with Crippen LogP contribution in [0.3, 0.4) is 0 Å². The van der Waals surface area contributed by atoms with Crippen molar-refractivity contribution >= 4 is 52.9 Å². The van der Waals surface area contributed by atoms with E-state index in [1.807, 2.05) is 73.7 Å². The number of imidazole rings is 1. The highest BCUT2D eigenvalue weighted by Gasteiger charge is 2.38. The van der Waals surface area contributed by atoms with E-state index in [4.69, 9.17) is 0 Å². The molecule has 3 aliphatic heterocycles. The van der Waals surface area contributed by atoms with Crippen molar-refractivity contribution in [1.29, 1.82) is 0 Å². The Balaban J connectivity index is 1.01. The fourth-order valence-electron chi connectivity index (χ4n) is 6.12. The van der Waals surface area contributed by atoms with Gasteiger partial charge in [-0.05, 0) is 61.1 Å². The summed E-state index contributed by atoms with van der Waals surface area (Å²) >= 11 is 0. The number of rotatable bonds is 8. The number of hydrogen-bond acceptors (Lipinski definition) is 6. The molecule has 1 aromatic heterocycles. The summed E-state index contributed by atoms with van der Waals surface area (Å²) in [6, 6.07) is 14.0. The summed E-state index contributed by atoms with van der Waals surface area (Å²) in [5, 5.41) is 5.91. The second-order valence-corrected chi connectivity index (χ2v) is 11.9. The van der Waals surface area contributed by atoms with Crippen molar-refractivity contribution < 1.29 is 19.2 Å². The number of amides is 4. The highest BCUT2D eigenvalue weighted by molar-refractivity contribution is 6.41. The van der Waals surface area contributed by atoms with Gasteiger partial charge in [0, 0.05) is 56.0 Å². The summed E-state index contributed by atoms with van der Waals surface area (Å²) in [6.45, 7) is 3.00. The number of anilines is 2. The topological polar surface area (TPSA) is 129 Å². The second-order valence-electron chi connectivity index (χ2n) is 11.9. The Morgan fingerprint density at radius 3 is 1.76 bits per heavy atom. The molecule has 4 heterocycles. The van der Waals surface area contributed by atoms with E-state index in [9.17, 15) is 19.2 Å². The summed E-state index contributed by atoms with van der Waals surface area (Å²) in [7, 11) is 1.76. The number of hydrogen-bond donors (Lipinski definition) is 2. The highest BCUT2D eigenvalue weighted by Crippen LogP contribution is 2.24. The second kappa shape index (κ2) is 13.4. The van der Waals surface area contributed by atoms with E-state index in [1.54, 1.807) is 40.0 Å². The summed E-state index contributed by atoms with van der Waals surface area (Å²) in [4.78, 5) is 63.7. The Labute approximate surface area is 267 Å². The number of nitrogens with one attached hydrogen (secondary N) is 2. The van der Waals surface area contributed by atoms with Gasteiger partial charge >= 0.3 is 0 Å². The van der Waals surface area contributed by atoms with Crippen molar-refractivity contribution in [2.24, 2.45) is 18.0 Å². The van der Waals surface area contributed by atoms with Crippen LogP contribution in [0.25, 0.3) is 12.2 Å². The lowest BCUT2D eigenvalue weighted by Gasteiger charge is -2.25. The van der Waals surface area contributed by atoms with Crippen molar-refractivity contribution in [2.45, 2.75) is 44.7 Å². The molecule has 1 unspecified atom stereocenters. The molecule has 11 heteroatoms. The molecule has 3 aliphatic rings. The molecule has 0 aliphatic carbocycles. The zero-order valence-corrected chi connectivity index (χ0v) is 25.9. The molecular formula is C35H37N7O4. The standard InChI is InChI=1S/C35H37N7O4/c1-23-17-18-36-30(23)34(45)41-20-3-5-28(41)32(43)38-26-13-9-24(10-14-26)7-8-25-11-15-27(16-12-25)39-33(44)29-6-4-21-42(29)35(46)31-37-19-22-40(31)2/h7-19,22-23,28-29H,3-6,20-21H2,1-2H3,(H,38,43)(H,39,44)/b8-7+/t23?,28-,29-/m0/s1. The van der Waals surface area contributed by atoms with Gasteiger partial charge in [0.25, 0.3) is 11.8 Å². The van der Waals surface area contributed by atoms with Gasteiger partial charge in [0.2, 0.25) is 11.8 Å². The molecule has 236 valence electrons. The van der Waals surface area contributed by atoms with Crippen LogP contribution in [-0.4, -0.2) is 73.9 Å². The molecule has 4 amide bonds. The van der Waals surface area contributed by atoms with Gasteiger partial charge in [-0.15, -0.1) is 0 Å². The molecule has 46 heavy (non-hydrogen) atoms. The quantitative estimate of drug-likeness (QED) is 0.362. The molecule has 2 saturated heterocycles. The van der Waals surface area contributed by atoms with Gasteiger partial charge in [-0.1, -0.05) is 49.4 Å². The number of aryl methyl sites for hydroxylation is 1. The van der Waals surface area contributed by atoms with Crippen LogP contribution >= 0.6 is 0 Å². The molecule has 0 saturated carbocycles. The van der Waals surface area contributed by atoms with Gasteiger partial charge < -0.3 is 25.0 Å². The SMILES string of the molecule is CC1C=CN=C1C(=O)N1CCC[C@H]1C(=O)Nc1ccc(/C=C/c2ccc(NC(=O)[C@@H]3CCCN3C(=O)c3nccn3C)cc2)cc1. The lowest BCUT2D eigenvalue weighted by molar-refractivity contribution is -0.131. The van der Waals surface area contributed by atoms with Gasteiger partial charge in [0.15, 0.2) is 5.82 Å². The van der Waals surface area contributed by atoms with E-state index < -0.39 is 12.1 Å². The zero-order chi connectivity index (χ0) is 32.2.